The quantitative estimate of drug-likeness (QED) is 0.400. The molecule has 0 saturated heterocycles. The maximum atomic E-state index is 11.5. The van der Waals surface area contributed by atoms with Crippen molar-refractivity contribution >= 4 is 16.7 Å². The molecule has 0 aliphatic heterocycles. The first-order chi connectivity index (χ1) is 10.7. The summed E-state index contributed by atoms with van der Waals surface area (Å²) in [5.74, 6) is 0.609. The van der Waals surface area contributed by atoms with Crippen LogP contribution in [0.5, 0.6) is 11.5 Å². The molecule has 0 aromatic heterocycles. The van der Waals surface area contributed by atoms with E-state index in [1.807, 2.05) is 39.0 Å². The number of aliphatic hydroxyl groups is 1. The van der Waals surface area contributed by atoms with Gasteiger partial charge in [0.1, 0.15) is 11.5 Å². The van der Waals surface area contributed by atoms with Gasteiger partial charge in [-0.2, -0.15) is 0 Å². The highest BCUT2D eigenvalue weighted by Crippen LogP contribution is 2.28. The minimum absolute atomic E-state index is 0.352. The predicted molar refractivity (Wildman–Crippen MR) is 90.5 cm³/mol. The summed E-state index contributed by atoms with van der Waals surface area (Å²) in [5.41, 5.74) is -0.0136. The van der Waals surface area contributed by atoms with Crippen LogP contribution in [0.25, 0.3) is 10.8 Å². The molecule has 122 valence electrons. The second kappa shape index (κ2) is 6.42. The van der Waals surface area contributed by atoms with Crippen LogP contribution in [0.15, 0.2) is 48.6 Å². The van der Waals surface area contributed by atoms with Crippen LogP contribution in [-0.2, 0) is 4.79 Å². The number of benzene rings is 2. The van der Waals surface area contributed by atoms with Crippen LogP contribution in [0.4, 0.5) is 0 Å². The number of esters is 1. The Morgan fingerprint density at radius 2 is 1.61 bits per heavy atom. The van der Waals surface area contributed by atoms with E-state index in [9.17, 15) is 9.90 Å². The van der Waals surface area contributed by atoms with E-state index in [1.54, 1.807) is 25.1 Å². The van der Waals surface area contributed by atoms with Gasteiger partial charge in [0, 0.05) is 11.0 Å². The molecule has 2 aromatic rings. The number of carbonyl (C=O) groups excluding carboxylic acids is 1. The molecule has 0 spiro atoms. The number of ether oxygens (including phenoxy) is 2. The lowest BCUT2D eigenvalue weighted by Gasteiger charge is -2.26. The number of aliphatic hydroxyl groups excluding tert-OH is 1. The van der Waals surface area contributed by atoms with E-state index >= 15 is 0 Å². The van der Waals surface area contributed by atoms with Crippen LogP contribution in [0, 0.1) is 5.41 Å². The van der Waals surface area contributed by atoms with Crippen LogP contribution < -0.4 is 9.47 Å². The molecule has 2 aromatic carbocycles. The number of carbonyl (C=O) groups is 1. The zero-order valence-electron chi connectivity index (χ0n) is 13.9. The predicted octanol–water partition coefficient (Wildman–Crippen LogP) is 4.06. The molecule has 0 fully saturated rings. The van der Waals surface area contributed by atoms with E-state index in [1.165, 1.54) is 0 Å². The normalized spacial score (nSPS) is 12.7. The molecular weight excluding hydrogens is 292 g/mol. The van der Waals surface area contributed by atoms with Crippen molar-refractivity contribution in [3.05, 3.63) is 48.6 Å². The zero-order valence-corrected chi connectivity index (χ0v) is 13.9. The van der Waals surface area contributed by atoms with Crippen molar-refractivity contribution in [1.29, 1.82) is 0 Å². The summed E-state index contributed by atoms with van der Waals surface area (Å²) in [6.45, 7) is 10.9. The largest absolute Gasteiger partial charge is 0.465 e. The van der Waals surface area contributed by atoms with Crippen molar-refractivity contribution in [3.63, 3.8) is 0 Å². The molecule has 1 atom stereocenters. The lowest BCUT2D eigenvalue weighted by molar-refractivity contribution is -0.130. The van der Waals surface area contributed by atoms with Crippen LogP contribution in [-0.4, -0.2) is 17.4 Å². The number of fused-ring (bicyclic) bond motifs is 1. The van der Waals surface area contributed by atoms with Gasteiger partial charge >= 0.3 is 5.97 Å². The van der Waals surface area contributed by atoms with Crippen LogP contribution >= 0.6 is 0 Å². The highest BCUT2D eigenvalue weighted by Gasteiger charge is 2.23. The van der Waals surface area contributed by atoms with Crippen molar-refractivity contribution < 1.29 is 19.4 Å². The van der Waals surface area contributed by atoms with Gasteiger partial charge in [-0.1, -0.05) is 39.5 Å². The molecule has 0 saturated carbocycles. The Kier molecular flexibility index (Phi) is 4.76. The lowest BCUT2D eigenvalue weighted by Crippen LogP contribution is -2.31. The first kappa shape index (κ1) is 17.0. The summed E-state index contributed by atoms with van der Waals surface area (Å²) in [4.78, 5) is 11.5. The van der Waals surface area contributed by atoms with Gasteiger partial charge in [-0.05, 0) is 42.0 Å². The highest BCUT2D eigenvalue weighted by molar-refractivity contribution is 5.90. The molecule has 23 heavy (non-hydrogen) atoms. The summed E-state index contributed by atoms with van der Waals surface area (Å²) in [6, 6.07) is 10.8. The third-order valence-electron chi connectivity index (χ3n) is 3.33. The Labute approximate surface area is 136 Å². The summed E-state index contributed by atoms with van der Waals surface area (Å²) in [6.07, 6.45) is -0.893. The SMILES string of the molecule is C=C(C)C(=O)Oc1ccc2cc(OC(O)C(C)(C)C)ccc2c1. The van der Waals surface area contributed by atoms with Crippen molar-refractivity contribution in [2.75, 3.05) is 0 Å². The van der Waals surface area contributed by atoms with Crippen molar-refractivity contribution in [2.24, 2.45) is 5.41 Å². The van der Waals surface area contributed by atoms with Crippen LogP contribution in [0.3, 0.4) is 0 Å². The van der Waals surface area contributed by atoms with Gasteiger partial charge in [-0.15, -0.1) is 0 Å². The Hall–Kier alpha value is -2.33. The Morgan fingerprint density at radius 3 is 2.13 bits per heavy atom. The minimum Gasteiger partial charge on any atom is -0.465 e. The molecule has 0 aliphatic rings. The molecule has 0 radical (unpaired) electrons. The van der Waals surface area contributed by atoms with E-state index in [0.717, 1.165) is 10.8 Å². The minimum atomic E-state index is -0.893. The fourth-order valence-electron chi connectivity index (χ4n) is 1.84. The molecule has 0 heterocycles. The van der Waals surface area contributed by atoms with Gasteiger partial charge in [-0.25, -0.2) is 4.79 Å². The maximum Gasteiger partial charge on any atom is 0.338 e. The molecule has 0 aliphatic carbocycles. The molecule has 2 rings (SSSR count). The van der Waals surface area contributed by atoms with E-state index in [-0.39, 0.29) is 5.41 Å². The van der Waals surface area contributed by atoms with Gasteiger partial charge < -0.3 is 14.6 Å². The Morgan fingerprint density at radius 1 is 1.09 bits per heavy atom. The highest BCUT2D eigenvalue weighted by atomic mass is 16.6. The van der Waals surface area contributed by atoms with Gasteiger partial charge in [0.2, 0.25) is 6.29 Å². The second-order valence-electron chi connectivity index (χ2n) is 6.68. The Bertz CT molecular complexity index is 741. The number of rotatable bonds is 4. The maximum absolute atomic E-state index is 11.5. The molecule has 4 nitrogen and oxygen atoms in total. The third kappa shape index (κ3) is 4.33. The van der Waals surface area contributed by atoms with Crippen molar-refractivity contribution in [1.82, 2.24) is 0 Å². The molecule has 1 unspecified atom stereocenters. The third-order valence-corrected chi connectivity index (χ3v) is 3.33. The molecule has 0 amide bonds. The molecule has 0 bridgehead atoms. The van der Waals surface area contributed by atoms with Gasteiger partial charge in [0.25, 0.3) is 0 Å². The van der Waals surface area contributed by atoms with Crippen LogP contribution in [0.1, 0.15) is 27.7 Å². The topological polar surface area (TPSA) is 55.8 Å². The molecule has 1 N–H and O–H groups in total. The summed E-state index contributed by atoms with van der Waals surface area (Å²) in [5, 5.41) is 11.9. The van der Waals surface area contributed by atoms with Crippen molar-refractivity contribution in [3.8, 4) is 11.5 Å². The standard InChI is InChI=1S/C19H22O4/c1-12(2)17(20)22-15-8-6-14-11-16(9-7-13(14)10-15)23-18(21)19(3,4)5/h6-11,18,21H,1H2,2-5H3. The smallest absolute Gasteiger partial charge is 0.338 e. The number of hydrogen-bond acceptors (Lipinski definition) is 4. The zero-order chi connectivity index (χ0) is 17.2. The Balaban J connectivity index is 2.22. The van der Waals surface area contributed by atoms with E-state index < -0.39 is 12.3 Å². The van der Waals surface area contributed by atoms with Gasteiger partial charge in [0.15, 0.2) is 0 Å². The summed E-state index contributed by atoms with van der Waals surface area (Å²) in [7, 11) is 0. The fourth-order valence-corrected chi connectivity index (χ4v) is 1.84. The van der Waals surface area contributed by atoms with E-state index in [4.69, 9.17) is 9.47 Å². The van der Waals surface area contributed by atoms with Crippen LogP contribution in [0.2, 0.25) is 0 Å². The fraction of sp³-hybridized carbons (Fsp3) is 0.316. The van der Waals surface area contributed by atoms with Crippen molar-refractivity contribution in [2.45, 2.75) is 34.0 Å². The first-order valence-corrected chi connectivity index (χ1v) is 7.43. The first-order valence-electron chi connectivity index (χ1n) is 7.43. The molecule has 4 heteroatoms. The average molecular weight is 314 g/mol. The summed E-state index contributed by atoms with van der Waals surface area (Å²) >= 11 is 0. The average Bonchev–Trinajstić information content (AvgIpc) is 2.46. The van der Waals surface area contributed by atoms with Gasteiger partial charge in [-0.3, -0.25) is 0 Å². The lowest BCUT2D eigenvalue weighted by atomic mass is 9.96. The second-order valence-corrected chi connectivity index (χ2v) is 6.68. The van der Waals surface area contributed by atoms with Gasteiger partial charge in [0.05, 0.1) is 0 Å². The monoisotopic (exact) mass is 314 g/mol. The number of hydrogen-bond donors (Lipinski definition) is 1. The summed E-state index contributed by atoms with van der Waals surface area (Å²) < 4.78 is 10.8. The van der Waals surface area contributed by atoms with E-state index in [2.05, 4.69) is 6.58 Å². The van der Waals surface area contributed by atoms with E-state index in [0.29, 0.717) is 17.1 Å². The molecular formula is C19H22O4.